The molecule has 0 aliphatic carbocycles. The van der Waals surface area contributed by atoms with Gasteiger partial charge in [-0.25, -0.2) is 0 Å². The van der Waals surface area contributed by atoms with E-state index in [2.05, 4.69) is 15.9 Å². The van der Waals surface area contributed by atoms with Gasteiger partial charge in [0.2, 0.25) is 0 Å². The van der Waals surface area contributed by atoms with Crippen molar-refractivity contribution in [2.24, 2.45) is 0 Å². The third kappa shape index (κ3) is 5.36. The summed E-state index contributed by atoms with van der Waals surface area (Å²) in [5.41, 5.74) is 0.749. The van der Waals surface area contributed by atoms with Crippen LogP contribution in [0.1, 0.15) is 12.5 Å². The highest BCUT2D eigenvalue weighted by atomic mass is 79.9. The maximum atomic E-state index is 9.16. The van der Waals surface area contributed by atoms with Crippen LogP contribution in [0.2, 0.25) is 0 Å². The lowest BCUT2D eigenvalue weighted by molar-refractivity contribution is 0.0695. The Kier molecular flexibility index (Phi) is 7.81. The Balaban J connectivity index is 2.68. The quantitative estimate of drug-likeness (QED) is 0.673. The second-order valence-electron chi connectivity index (χ2n) is 3.68. The molecule has 0 radical (unpaired) electrons. The lowest BCUT2D eigenvalue weighted by atomic mass is 10.2. The van der Waals surface area contributed by atoms with E-state index in [-0.39, 0.29) is 13.2 Å². The number of hydrogen-bond donors (Lipinski definition) is 2. The highest BCUT2D eigenvalue weighted by Crippen LogP contribution is 2.36. The highest BCUT2D eigenvalue weighted by Gasteiger charge is 2.12. The van der Waals surface area contributed by atoms with Crippen molar-refractivity contribution in [1.29, 1.82) is 0 Å². The monoisotopic (exact) mass is 334 g/mol. The Labute approximate surface area is 121 Å². The van der Waals surface area contributed by atoms with Crippen LogP contribution in [0, 0.1) is 0 Å². The summed E-state index contributed by atoms with van der Waals surface area (Å²) >= 11 is 3.39. The fraction of sp³-hybridized carbons (Fsp3) is 0.538. The number of ether oxygens (including phenoxy) is 3. The van der Waals surface area contributed by atoms with Crippen molar-refractivity contribution in [2.75, 3.05) is 33.0 Å². The smallest absolute Gasteiger partial charge is 0.175 e. The van der Waals surface area contributed by atoms with Gasteiger partial charge in [0.1, 0.15) is 6.61 Å². The SMILES string of the molecule is CCOc1cc(CO)cc(Br)c1OCCOCCO. The van der Waals surface area contributed by atoms with Gasteiger partial charge in [0.15, 0.2) is 11.5 Å². The Morgan fingerprint density at radius 1 is 1.11 bits per heavy atom. The number of halogens is 1. The fourth-order valence-corrected chi connectivity index (χ4v) is 2.09. The van der Waals surface area contributed by atoms with Gasteiger partial charge < -0.3 is 24.4 Å². The van der Waals surface area contributed by atoms with E-state index in [0.717, 1.165) is 10.0 Å². The summed E-state index contributed by atoms with van der Waals surface area (Å²) in [7, 11) is 0. The van der Waals surface area contributed by atoms with Crippen molar-refractivity contribution < 1.29 is 24.4 Å². The van der Waals surface area contributed by atoms with Gasteiger partial charge in [-0.3, -0.25) is 0 Å². The van der Waals surface area contributed by atoms with Gasteiger partial charge in [0, 0.05) is 0 Å². The molecule has 0 saturated carbocycles. The molecule has 0 aliphatic heterocycles. The molecule has 0 heterocycles. The predicted molar refractivity (Wildman–Crippen MR) is 74.6 cm³/mol. The first kappa shape index (κ1) is 16.2. The standard InChI is InChI=1S/C13H19BrO5/c1-2-18-12-8-10(9-16)7-11(14)13(12)19-6-5-17-4-3-15/h7-8,15-16H,2-6,9H2,1H3. The Bertz CT molecular complexity index is 384. The van der Waals surface area contributed by atoms with E-state index < -0.39 is 0 Å². The highest BCUT2D eigenvalue weighted by molar-refractivity contribution is 9.10. The molecular weight excluding hydrogens is 316 g/mol. The maximum absolute atomic E-state index is 9.16. The third-order valence-corrected chi connectivity index (χ3v) is 2.85. The first-order chi connectivity index (χ1) is 9.22. The molecule has 0 amide bonds. The first-order valence-electron chi connectivity index (χ1n) is 6.10. The minimum atomic E-state index is -0.0570. The molecule has 1 rings (SSSR count). The number of aliphatic hydroxyl groups is 2. The molecule has 1 aromatic carbocycles. The average molecular weight is 335 g/mol. The Morgan fingerprint density at radius 2 is 1.89 bits per heavy atom. The summed E-state index contributed by atoms with van der Waals surface area (Å²) < 4.78 is 16.9. The molecule has 19 heavy (non-hydrogen) atoms. The summed E-state index contributed by atoms with van der Waals surface area (Å²) in [5.74, 6) is 1.18. The molecule has 0 spiro atoms. The van der Waals surface area contributed by atoms with Crippen molar-refractivity contribution >= 4 is 15.9 Å². The number of benzene rings is 1. The normalized spacial score (nSPS) is 10.5. The zero-order valence-electron chi connectivity index (χ0n) is 10.9. The van der Waals surface area contributed by atoms with E-state index >= 15 is 0 Å². The molecule has 1 aromatic rings. The van der Waals surface area contributed by atoms with Crippen LogP contribution in [-0.4, -0.2) is 43.2 Å². The van der Waals surface area contributed by atoms with E-state index in [1.807, 2.05) is 6.92 Å². The molecule has 0 saturated heterocycles. The van der Waals surface area contributed by atoms with Gasteiger partial charge >= 0.3 is 0 Å². The Morgan fingerprint density at radius 3 is 2.53 bits per heavy atom. The molecule has 2 N–H and O–H groups in total. The van der Waals surface area contributed by atoms with E-state index in [4.69, 9.17) is 24.4 Å². The van der Waals surface area contributed by atoms with Crippen molar-refractivity contribution in [1.82, 2.24) is 0 Å². The number of hydrogen-bond acceptors (Lipinski definition) is 5. The van der Waals surface area contributed by atoms with Gasteiger partial charge in [0.25, 0.3) is 0 Å². The van der Waals surface area contributed by atoms with E-state index in [1.54, 1.807) is 12.1 Å². The second kappa shape index (κ2) is 9.14. The molecule has 5 nitrogen and oxygen atoms in total. The summed E-state index contributed by atoms with van der Waals surface area (Å²) in [6.45, 7) is 3.38. The van der Waals surface area contributed by atoms with Crippen LogP contribution in [0.15, 0.2) is 16.6 Å². The minimum Gasteiger partial charge on any atom is -0.490 e. The van der Waals surface area contributed by atoms with E-state index in [1.165, 1.54) is 0 Å². The topological polar surface area (TPSA) is 68.2 Å². The molecule has 0 atom stereocenters. The average Bonchev–Trinajstić information content (AvgIpc) is 2.41. The van der Waals surface area contributed by atoms with Crippen LogP contribution in [0.4, 0.5) is 0 Å². The molecule has 0 fully saturated rings. The van der Waals surface area contributed by atoms with Crippen LogP contribution in [0.5, 0.6) is 11.5 Å². The summed E-state index contributed by atoms with van der Waals surface area (Å²) in [5, 5.41) is 17.7. The van der Waals surface area contributed by atoms with Crippen LogP contribution in [0.3, 0.4) is 0 Å². The molecule has 108 valence electrons. The van der Waals surface area contributed by atoms with Crippen LogP contribution >= 0.6 is 15.9 Å². The van der Waals surface area contributed by atoms with Crippen molar-refractivity contribution in [3.8, 4) is 11.5 Å². The van der Waals surface area contributed by atoms with Crippen LogP contribution in [0.25, 0.3) is 0 Å². The van der Waals surface area contributed by atoms with Crippen molar-refractivity contribution in [3.63, 3.8) is 0 Å². The minimum absolute atomic E-state index is 0.000906. The van der Waals surface area contributed by atoms with E-state index in [9.17, 15) is 0 Å². The van der Waals surface area contributed by atoms with Gasteiger partial charge in [0.05, 0.1) is 37.5 Å². The number of rotatable bonds is 9. The lowest BCUT2D eigenvalue weighted by Crippen LogP contribution is -2.10. The fourth-order valence-electron chi connectivity index (χ4n) is 1.48. The van der Waals surface area contributed by atoms with Gasteiger partial charge in [-0.2, -0.15) is 0 Å². The zero-order chi connectivity index (χ0) is 14.1. The van der Waals surface area contributed by atoms with E-state index in [0.29, 0.717) is 37.9 Å². The Hall–Kier alpha value is -0.820. The second-order valence-corrected chi connectivity index (χ2v) is 4.53. The van der Waals surface area contributed by atoms with Crippen LogP contribution < -0.4 is 9.47 Å². The molecule has 0 unspecified atom stereocenters. The molecular formula is C13H19BrO5. The van der Waals surface area contributed by atoms with Gasteiger partial charge in [-0.15, -0.1) is 0 Å². The third-order valence-electron chi connectivity index (χ3n) is 2.26. The van der Waals surface area contributed by atoms with Crippen LogP contribution in [-0.2, 0) is 11.3 Å². The maximum Gasteiger partial charge on any atom is 0.175 e. The largest absolute Gasteiger partial charge is 0.490 e. The molecule has 6 heteroatoms. The lowest BCUT2D eigenvalue weighted by Gasteiger charge is -2.15. The zero-order valence-corrected chi connectivity index (χ0v) is 12.5. The van der Waals surface area contributed by atoms with Crippen molar-refractivity contribution in [2.45, 2.75) is 13.5 Å². The molecule has 0 aliphatic rings. The molecule has 0 bridgehead atoms. The number of aliphatic hydroxyl groups excluding tert-OH is 2. The predicted octanol–water partition coefficient (Wildman–Crippen LogP) is 1.73. The summed E-state index contributed by atoms with van der Waals surface area (Å²) in [6.07, 6.45) is 0. The first-order valence-corrected chi connectivity index (χ1v) is 6.89. The van der Waals surface area contributed by atoms with Crippen molar-refractivity contribution in [3.05, 3.63) is 22.2 Å². The summed E-state index contributed by atoms with van der Waals surface area (Å²) in [6, 6.07) is 3.53. The summed E-state index contributed by atoms with van der Waals surface area (Å²) in [4.78, 5) is 0. The van der Waals surface area contributed by atoms with Gasteiger partial charge in [-0.05, 0) is 40.5 Å². The molecule has 0 aromatic heterocycles. The van der Waals surface area contributed by atoms with Gasteiger partial charge in [-0.1, -0.05) is 0 Å².